The molecular weight excluding hydrogens is 342 g/mol. The summed E-state index contributed by atoms with van der Waals surface area (Å²) < 4.78 is 5.47. The van der Waals surface area contributed by atoms with E-state index in [1.54, 1.807) is 7.11 Å². The van der Waals surface area contributed by atoms with Crippen molar-refractivity contribution in [2.24, 2.45) is 0 Å². The number of anilines is 1. The second-order valence-corrected chi connectivity index (χ2v) is 8.27. The van der Waals surface area contributed by atoms with E-state index in [1.807, 2.05) is 0 Å². The van der Waals surface area contributed by atoms with Crippen molar-refractivity contribution in [2.75, 3.05) is 12.0 Å². The SMILES string of the molecule is COc1ccc2c(c1)C=C1c3ccccc3N(Cc3ccccc3)C(C)(C)C12. The molecule has 2 heteroatoms. The number of hydrogen-bond donors (Lipinski definition) is 0. The van der Waals surface area contributed by atoms with Crippen LogP contribution in [0.4, 0.5) is 5.69 Å². The zero-order chi connectivity index (χ0) is 19.3. The van der Waals surface area contributed by atoms with Gasteiger partial charge in [0.05, 0.1) is 7.11 Å². The molecule has 1 unspecified atom stereocenters. The van der Waals surface area contributed by atoms with E-state index in [2.05, 4.69) is 97.6 Å². The molecule has 0 saturated carbocycles. The molecule has 1 aliphatic carbocycles. The van der Waals surface area contributed by atoms with Crippen LogP contribution in [0, 0.1) is 0 Å². The van der Waals surface area contributed by atoms with Gasteiger partial charge in [-0.2, -0.15) is 0 Å². The predicted molar refractivity (Wildman–Crippen MR) is 117 cm³/mol. The summed E-state index contributed by atoms with van der Waals surface area (Å²) in [6, 6.07) is 26.1. The minimum atomic E-state index is -0.0458. The minimum Gasteiger partial charge on any atom is -0.497 e. The van der Waals surface area contributed by atoms with Gasteiger partial charge in [0.2, 0.25) is 0 Å². The fourth-order valence-electron chi connectivity index (χ4n) is 4.95. The van der Waals surface area contributed by atoms with Crippen molar-refractivity contribution >= 4 is 17.3 Å². The van der Waals surface area contributed by atoms with Crippen LogP contribution in [-0.4, -0.2) is 12.6 Å². The van der Waals surface area contributed by atoms with E-state index in [0.717, 1.165) is 12.3 Å². The highest BCUT2D eigenvalue weighted by atomic mass is 16.5. The molecular formula is C26H25NO. The fourth-order valence-corrected chi connectivity index (χ4v) is 4.95. The first-order chi connectivity index (χ1) is 13.6. The van der Waals surface area contributed by atoms with E-state index in [0.29, 0.717) is 5.92 Å². The molecule has 1 heterocycles. The van der Waals surface area contributed by atoms with E-state index < -0.39 is 0 Å². The van der Waals surface area contributed by atoms with Crippen molar-refractivity contribution in [1.29, 1.82) is 0 Å². The first kappa shape index (κ1) is 17.1. The highest BCUT2D eigenvalue weighted by Gasteiger charge is 2.47. The van der Waals surface area contributed by atoms with E-state index in [9.17, 15) is 0 Å². The summed E-state index contributed by atoms with van der Waals surface area (Å²) in [5, 5.41) is 0. The van der Waals surface area contributed by atoms with Gasteiger partial charge >= 0.3 is 0 Å². The number of benzene rings is 3. The van der Waals surface area contributed by atoms with E-state index in [4.69, 9.17) is 4.74 Å². The van der Waals surface area contributed by atoms with Gasteiger partial charge in [-0.25, -0.2) is 0 Å². The standard InChI is InChI=1S/C26H25NO/c1-26(2)25-21-14-13-20(28-3)15-19(21)16-23(25)22-11-7-8-12-24(22)27(26)17-18-9-5-4-6-10-18/h4-16,25H,17H2,1-3H3. The molecule has 140 valence electrons. The Morgan fingerprint density at radius 2 is 1.68 bits per heavy atom. The fraction of sp³-hybridized carbons (Fsp3) is 0.231. The molecule has 0 amide bonds. The first-order valence-electron chi connectivity index (χ1n) is 9.90. The number of rotatable bonds is 3. The third kappa shape index (κ3) is 2.48. The average molecular weight is 367 g/mol. The number of nitrogens with zero attached hydrogens (tertiary/aromatic N) is 1. The lowest BCUT2D eigenvalue weighted by molar-refractivity contribution is 0.409. The van der Waals surface area contributed by atoms with Gasteiger partial charge in [0, 0.05) is 29.3 Å². The van der Waals surface area contributed by atoms with Gasteiger partial charge in [-0.1, -0.05) is 54.6 Å². The summed E-state index contributed by atoms with van der Waals surface area (Å²) in [6.45, 7) is 5.66. The van der Waals surface area contributed by atoms with Crippen LogP contribution in [0.25, 0.3) is 11.6 Å². The summed E-state index contributed by atoms with van der Waals surface area (Å²) in [5.74, 6) is 1.26. The largest absolute Gasteiger partial charge is 0.497 e. The van der Waals surface area contributed by atoms with Gasteiger partial charge in [0.25, 0.3) is 0 Å². The zero-order valence-corrected chi connectivity index (χ0v) is 16.6. The maximum absolute atomic E-state index is 5.47. The van der Waals surface area contributed by atoms with Crippen LogP contribution in [-0.2, 0) is 6.54 Å². The molecule has 5 rings (SSSR count). The van der Waals surface area contributed by atoms with Gasteiger partial charge in [0.15, 0.2) is 0 Å². The quantitative estimate of drug-likeness (QED) is 0.552. The Hall–Kier alpha value is -3.00. The van der Waals surface area contributed by atoms with Crippen molar-refractivity contribution in [2.45, 2.75) is 31.8 Å². The molecule has 1 atom stereocenters. The lowest BCUT2D eigenvalue weighted by Crippen LogP contribution is -2.51. The van der Waals surface area contributed by atoms with Crippen molar-refractivity contribution in [3.8, 4) is 5.75 Å². The van der Waals surface area contributed by atoms with Gasteiger partial charge in [-0.05, 0) is 60.4 Å². The molecule has 28 heavy (non-hydrogen) atoms. The van der Waals surface area contributed by atoms with E-state index in [-0.39, 0.29) is 5.54 Å². The number of para-hydroxylation sites is 1. The minimum absolute atomic E-state index is 0.0458. The summed E-state index contributed by atoms with van der Waals surface area (Å²) in [4.78, 5) is 2.58. The Kier molecular flexibility index (Phi) is 3.83. The second-order valence-electron chi connectivity index (χ2n) is 8.27. The molecule has 2 nitrogen and oxygen atoms in total. The number of fused-ring (bicyclic) bond motifs is 5. The lowest BCUT2D eigenvalue weighted by atomic mass is 9.72. The monoisotopic (exact) mass is 367 g/mol. The second kappa shape index (κ2) is 6.27. The third-order valence-corrected chi connectivity index (χ3v) is 6.32. The van der Waals surface area contributed by atoms with Gasteiger partial charge in [-0.15, -0.1) is 0 Å². The van der Waals surface area contributed by atoms with Crippen LogP contribution in [0.2, 0.25) is 0 Å². The Morgan fingerprint density at radius 1 is 0.929 bits per heavy atom. The molecule has 0 aromatic heterocycles. The Balaban J connectivity index is 1.68. The van der Waals surface area contributed by atoms with Gasteiger partial charge < -0.3 is 9.64 Å². The summed E-state index contributed by atoms with van der Waals surface area (Å²) >= 11 is 0. The Labute approximate surface area is 167 Å². The number of methoxy groups -OCH3 is 1. The van der Waals surface area contributed by atoms with Crippen LogP contribution in [0.3, 0.4) is 0 Å². The normalized spacial score (nSPS) is 18.8. The number of hydrogen-bond acceptors (Lipinski definition) is 2. The molecule has 3 aromatic carbocycles. The van der Waals surface area contributed by atoms with E-state index >= 15 is 0 Å². The Bertz CT molecular complexity index is 1060. The van der Waals surface area contributed by atoms with Crippen LogP contribution in [0.5, 0.6) is 5.75 Å². The smallest absolute Gasteiger partial charge is 0.119 e. The number of ether oxygens (including phenoxy) is 1. The maximum Gasteiger partial charge on any atom is 0.119 e. The molecule has 0 N–H and O–H groups in total. The summed E-state index contributed by atoms with van der Waals surface area (Å²) in [7, 11) is 1.73. The first-order valence-corrected chi connectivity index (χ1v) is 9.90. The molecule has 0 fully saturated rings. The van der Waals surface area contributed by atoms with Crippen LogP contribution in [0.1, 0.15) is 42.0 Å². The predicted octanol–water partition coefficient (Wildman–Crippen LogP) is 6.13. The van der Waals surface area contributed by atoms with Crippen LogP contribution >= 0.6 is 0 Å². The molecule has 3 aromatic rings. The van der Waals surface area contributed by atoms with Crippen molar-refractivity contribution < 1.29 is 4.74 Å². The van der Waals surface area contributed by atoms with Gasteiger partial charge in [0.1, 0.15) is 5.75 Å². The van der Waals surface area contributed by atoms with Crippen molar-refractivity contribution in [3.05, 3.63) is 95.1 Å². The van der Waals surface area contributed by atoms with Crippen LogP contribution < -0.4 is 9.64 Å². The van der Waals surface area contributed by atoms with Crippen LogP contribution in [0.15, 0.2) is 72.8 Å². The van der Waals surface area contributed by atoms with Gasteiger partial charge in [-0.3, -0.25) is 0 Å². The molecule has 0 saturated heterocycles. The lowest BCUT2D eigenvalue weighted by Gasteiger charge is -2.50. The van der Waals surface area contributed by atoms with E-state index in [1.165, 1.54) is 33.5 Å². The topological polar surface area (TPSA) is 12.5 Å². The third-order valence-electron chi connectivity index (χ3n) is 6.32. The molecule has 1 aliphatic heterocycles. The van der Waals surface area contributed by atoms with Crippen molar-refractivity contribution in [1.82, 2.24) is 0 Å². The molecule has 0 radical (unpaired) electrons. The molecule has 0 bridgehead atoms. The molecule has 0 spiro atoms. The zero-order valence-electron chi connectivity index (χ0n) is 16.6. The van der Waals surface area contributed by atoms with Crippen molar-refractivity contribution in [3.63, 3.8) is 0 Å². The maximum atomic E-state index is 5.47. The summed E-state index contributed by atoms with van der Waals surface area (Å²) in [6.07, 6.45) is 2.36. The Morgan fingerprint density at radius 3 is 2.46 bits per heavy atom. The molecule has 2 aliphatic rings. The average Bonchev–Trinajstić information content (AvgIpc) is 3.12. The summed E-state index contributed by atoms with van der Waals surface area (Å²) in [5.41, 5.74) is 8.06. The highest BCUT2D eigenvalue weighted by molar-refractivity contribution is 5.98. The highest BCUT2D eigenvalue weighted by Crippen LogP contribution is 2.56.